The zero-order chi connectivity index (χ0) is 20.3. The quantitative estimate of drug-likeness (QED) is 0.430. The van der Waals surface area contributed by atoms with Gasteiger partial charge in [0.25, 0.3) is 11.6 Å². The van der Waals surface area contributed by atoms with Gasteiger partial charge in [-0.2, -0.15) is 0 Å². The lowest BCUT2D eigenvalue weighted by atomic mass is 10.1. The molecule has 0 N–H and O–H groups in total. The summed E-state index contributed by atoms with van der Waals surface area (Å²) in [4.78, 5) is 39.2. The van der Waals surface area contributed by atoms with E-state index >= 15 is 0 Å². The van der Waals surface area contributed by atoms with Gasteiger partial charge in [-0.1, -0.05) is 0 Å². The Balaban J connectivity index is 1.71. The number of nitro groups is 1. The monoisotopic (exact) mass is 391 g/mol. The number of nitrogens with zero attached hydrogens (tertiary/aromatic N) is 3. The minimum Gasteiger partial charge on any atom is -0.452 e. The molecule has 1 aromatic rings. The predicted molar refractivity (Wildman–Crippen MR) is 101 cm³/mol. The van der Waals surface area contributed by atoms with Crippen LogP contribution >= 0.6 is 0 Å². The average molecular weight is 391 g/mol. The summed E-state index contributed by atoms with van der Waals surface area (Å²) in [5.74, 6) is -1.03. The van der Waals surface area contributed by atoms with E-state index in [2.05, 4.69) is 0 Å². The maximum Gasteiger partial charge on any atom is 0.341 e. The van der Waals surface area contributed by atoms with Gasteiger partial charge >= 0.3 is 5.97 Å². The fourth-order valence-electron chi connectivity index (χ4n) is 3.71. The van der Waals surface area contributed by atoms with E-state index in [4.69, 9.17) is 9.47 Å². The second-order valence-electron chi connectivity index (χ2n) is 7.28. The molecule has 2 aliphatic heterocycles. The number of nitro benzene ring substituents is 1. The highest BCUT2D eigenvalue weighted by Crippen LogP contribution is 2.29. The van der Waals surface area contributed by atoms with E-state index in [1.165, 1.54) is 12.1 Å². The molecule has 0 unspecified atom stereocenters. The van der Waals surface area contributed by atoms with Gasteiger partial charge in [-0.05, 0) is 32.8 Å². The van der Waals surface area contributed by atoms with Crippen molar-refractivity contribution in [1.29, 1.82) is 0 Å². The van der Waals surface area contributed by atoms with E-state index in [0.717, 1.165) is 25.9 Å². The van der Waals surface area contributed by atoms with Crippen molar-refractivity contribution in [3.63, 3.8) is 0 Å². The summed E-state index contributed by atoms with van der Waals surface area (Å²) < 4.78 is 10.8. The molecule has 28 heavy (non-hydrogen) atoms. The molecule has 0 aromatic heterocycles. The number of ether oxygens (including phenoxy) is 2. The van der Waals surface area contributed by atoms with Crippen LogP contribution in [0.2, 0.25) is 0 Å². The Morgan fingerprint density at radius 1 is 1.21 bits per heavy atom. The average Bonchev–Trinajstić information content (AvgIpc) is 3.19. The minimum absolute atomic E-state index is 0.0815. The predicted octanol–water partition coefficient (Wildman–Crippen LogP) is 1.99. The van der Waals surface area contributed by atoms with Gasteiger partial charge in [-0.15, -0.1) is 0 Å². The first-order valence-corrected chi connectivity index (χ1v) is 9.49. The van der Waals surface area contributed by atoms with Crippen molar-refractivity contribution >= 4 is 23.3 Å². The van der Waals surface area contributed by atoms with E-state index in [9.17, 15) is 19.7 Å². The Labute approximate surface area is 163 Å². The van der Waals surface area contributed by atoms with Gasteiger partial charge in [0.1, 0.15) is 0 Å². The number of carbonyl (C=O) groups excluding carboxylic acids is 2. The molecule has 0 saturated carbocycles. The maximum atomic E-state index is 12.6. The molecule has 2 fully saturated rings. The third kappa shape index (κ3) is 4.59. The molecular weight excluding hydrogens is 366 g/mol. The molecule has 2 atom stereocenters. The molecule has 152 valence electrons. The number of rotatable bonds is 5. The molecular formula is C19H25N3O6. The molecule has 9 heteroatoms. The molecule has 0 spiro atoms. The van der Waals surface area contributed by atoms with Gasteiger partial charge in [0.2, 0.25) is 0 Å². The van der Waals surface area contributed by atoms with Crippen LogP contribution in [-0.2, 0) is 14.3 Å². The number of amides is 1. The number of hydrogen-bond acceptors (Lipinski definition) is 7. The molecule has 2 heterocycles. The summed E-state index contributed by atoms with van der Waals surface area (Å²) in [5.41, 5.74) is 0.541. The first-order valence-electron chi connectivity index (χ1n) is 9.49. The van der Waals surface area contributed by atoms with Crippen LogP contribution in [0, 0.1) is 10.1 Å². The van der Waals surface area contributed by atoms with E-state index in [-0.39, 0.29) is 29.4 Å². The second kappa shape index (κ2) is 8.55. The number of benzene rings is 1. The number of anilines is 1. The van der Waals surface area contributed by atoms with Crippen LogP contribution in [0.5, 0.6) is 0 Å². The zero-order valence-electron chi connectivity index (χ0n) is 16.1. The highest BCUT2D eigenvalue weighted by molar-refractivity contribution is 5.97. The Kier molecular flexibility index (Phi) is 6.13. The molecule has 0 aliphatic carbocycles. The van der Waals surface area contributed by atoms with Crippen molar-refractivity contribution in [1.82, 2.24) is 4.90 Å². The normalized spacial score (nSPS) is 22.2. The van der Waals surface area contributed by atoms with Gasteiger partial charge in [-0.3, -0.25) is 14.9 Å². The summed E-state index contributed by atoms with van der Waals surface area (Å²) >= 11 is 0. The van der Waals surface area contributed by atoms with Crippen molar-refractivity contribution < 1.29 is 24.0 Å². The van der Waals surface area contributed by atoms with Crippen LogP contribution in [0.1, 0.15) is 37.0 Å². The number of non-ortho nitro benzene ring substituents is 1. The molecule has 9 nitrogen and oxygen atoms in total. The minimum atomic E-state index is -0.728. The highest BCUT2D eigenvalue weighted by atomic mass is 16.6. The van der Waals surface area contributed by atoms with Crippen LogP contribution in [0.4, 0.5) is 11.4 Å². The Morgan fingerprint density at radius 2 is 1.86 bits per heavy atom. The topological polar surface area (TPSA) is 102 Å². The smallest absolute Gasteiger partial charge is 0.341 e. The van der Waals surface area contributed by atoms with E-state index in [0.29, 0.717) is 18.8 Å². The lowest BCUT2D eigenvalue weighted by Crippen LogP contribution is -2.49. The van der Waals surface area contributed by atoms with Crippen molar-refractivity contribution in [3.8, 4) is 0 Å². The van der Waals surface area contributed by atoms with Crippen LogP contribution in [-0.4, -0.2) is 66.7 Å². The SMILES string of the molecule is C[C@H]1CN(C(=O)COC(=O)c2cc([N+](=O)[O-])ccc2N2CCCC2)C[C@H](C)O1. The summed E-state index contributed by atoms with van der Waals surface area (Å²) in [6, 6.07) is 4.18. The standard InChI is InChI=1S/C19H25N3O6/c1-13-10-21(11-14(2)28-13)18(23)12-27-19(24)16-9-15(22(25)26)5-6-17(16)20-7-3-4-8-20/h5-6,9,13-14H,3-4,7-8,10-12H2,1-2H3/t13-,14-/m0/s1. The summed E-state index contributed by atoms with van der Waals surface area (Å²) in [6.07, 6.45) is 1.83. The second-order valence-corrected chi connectivity index (χ2v) is 7.28. The largest absolute Gasteiger partial charge is 0.452 e. The summed E-state index contributed by atoms with van der Waals surface area (Å²) in [6.45, 7) is 5.80. The van der Waals surface area contributed by atoms with Crippen molar-refractivity contribution in [2.75, 3.05) is 37.7 Å². The van der Waals surface area contributed by atoms with Gasteiger partial charge in [0, 0.05) is 38.3 Å². The Bertz CT molecular complexity index is 752. The molecule has 1 aromatic carbocycles. The van der Waals surface area contributed by atoms with E-state index in [1.807, 2.05) is 18.7 Å². The van der Waals surface area contributed by atoms with Crippen molar-refractivity contribution in [2.45, 2.75) is 38.9 Å². The summed E-state index contributed by atoms with van der Waals surface area (Å²) in [7, 11) is 0. The maximum absolute atomic E-state index is 12.6. The Morgan fingerprint density at radius 3 is 2.46 bits per heavy atom. The van der Waals surface area contributed by atoms with Gasteiger partial charge in [0.05, 0.1) is 28.4 Å². The molecule has 0 bridgehead atoms. The Hall–Kier alpha value is -2.68. The summed E-state index contributed by atoms with van der Waals surface area (Å²) in [5, 5.41) is 11.1. The first-order chi connectivity index (χ1) is 13.3. The molecule has 3 rings (SSSR count). The lowest BCUT2D eigenvalue weighted by Gasteiger charge is -2.35. The fraction of sp³-hybridized carbons (Fsp3) is 0.579. The molecule has 1 amide bonds. The lowest BCUT2D eigenvalue weighted by molar-refractivity contribution is -0.384. The van der Waals surface area contributed by atoms with Gasteiger partial charge < -0.3 is 19.3 Å². The first kappa shape index (κ1) is 20.1. The number of morpholine rings is 1. The molecule has 2 aliphatic rings. The van der Waals surface area contributed by atoms with Crippen LogP contribution in [0.3, 0.4) is 0 Å². The fourth-order valence-corrected chi connectivity index (χ4v) is 3.71. The van der Waals surface area contributed by atoms with Gasteiger partial charge in [-0.25, -0.2) is 4.79 Å². The highest BCUT2D eigenvalue weighted by Gasteiger charge is 2.28. The number of hydrogen-bond donors (Lipinski definition) is 0. The van der Waals surface area contributed by atoms with Crippen LogP contribution in [0.25, 0.3) is 0 Å². The van der Waals surface area contributed by atoms with Crippen molar-refractivity contribution in [2.24, 2.45) is 0 Å². The molecule has 0 radical (unpaired) electrons. The van der Waals surface area contributed by atoms with Gasteiger partial charge in [0.15, 0.2) is 6.61 Å². The van der Waals surface area contributed by atoms with E-state index in [1.54, 1.807) is 11.0 Å². The third-order valence-corrected chi connectivity index (χ3v) is 4.96. The number of esters is 1. The third-order valence-electron chi connectivity index (χ3n) is 4.96. The van der Waals surface area contributed by atoms with Crippen LogP contribution in [0.15, 0.2) is 18.2 Å². The van der Waals surface area contributed by atoms with Crippen LogP contribution < -0.4 is 4.90 Å². The zero-order valence-corrected chi connectivity index (χ0v) is 16.1. The number of carbonyl (C=O) groups is 2. The van der Waals surface area contributed by atoms with Crippen molar-refractivity contribution in [3.05, 3.63) is 33.9 Å². The van der Waals surface area contributed by atoms with E-state index < -0.39 is 17.5 Å². The molecule has 2 saturated heterocycles.